The van der Waals surface area contributed by atoms with E-state index < -0.39 is 0 Å². The lowest BCUT2D eigenvalue weighted by molar-refractivity contribution is -0.133. The summed E-state index contributed by atoms with van der Waals surface area (Å²) >= 11 is 12.2. The van der Waals surface area contributed by atoms with E-state index in [2.05, 4.69) is 17.0 Å². The molecule has 2 aromatic rings. The Balaban J connectivity index is 0.00000272. The van der Waals surface area contributed by atoms with Gasteiger partial charge in [-0.15, -0.1) is 12.4 Å². The van der Waals surface area contributed by atoms with Crippen LogP contribution in [0.2, 0.25) is 10.0 Å². The quantitative estimate of drug-likeness (QED) is 0.557. The zero-order chi connectivity index (χ0) is 21.3. The lowest BCUT2D eigenvalue weighted by atomic mass is 9.82. The van der Waals surface area contributed by atoms with Crippen LogP contribution in [-0.4, -0.2) is 49.0 Å². The van der Waals surface area contributed by atoms with E-state index in [9.17, 15) is 4.79 Å². The van der Waals surface area contributed by atoms with Crippen molar-refractivity contribution in [2.45, 2.75) is 44.2 Å². The number of amides is 1. The van der Waals surface area contributed by atoms with Gasteiger partial charge in [-0.05, 0) is 79.7 Å². The summed E-state index contributed by atoms with van der Waals surface area (Å²) in [5.41, 5.74) is 3.40. The maximum Gasteiger partial charge on any atom is 0.227 e. The van der Waals surface area contributed by atoms with Gasteiger partial charge in [0.2, 0.25) is 5.91 Å². The molecular formula is C24H29Cl3N2O2. The average Bonchev–Trinajstić information content (AvgIpc) is 3.29. The predicted octanol–water partition coefficient (Wildman–Crippen LogP) is 5.58. The van der Waals surface area contributed by atoms with Crippen molar-refractivity contribution < 1.29 is 9.53 Å². The van der Waals surface area contributed by atoms with E-state index in [0.717, 1.165) is 37.2 Å². The molecule has 31 heavy (non-hydrogen) atoms. The number of hydrogen-bond donors (Lipinski definition) is 0. The molecule has 0 unspecified atom stereocenters. The number of halogens is 3. The molecule has 1 aliphatic carbocycles. The Bertz CT molecular complexity index is 931. The standard InChI is InChI=1S/C24H28Cl2N2O2.ClH/c1-27(23(29)14-16-5-9-20(25)21(26)13-16)24-19-15-18(30-2)8-6-17(19)7-10-22(24)28-11-3-4-12-28;/h5-6,8-9,13,15,22,24H,3-4,7,10-12,14H2,1-2H3;1H/t22-,24-;/m0./s1. The Morgan fingerprint density at radius 1 is 1.13 bits per heavy atom. The highest BCUT2D eigenvalue weighted by Gasteiger charge is 2.38. The number of likely N-dealkylation sites (N-methyl/N-ethyl adjacent to an activating group) is 1. The SMILES string of the molecule is COc1ccc2c(c1)[C@H](N(C)C(=O)Cc1ccc(Cl)c(Cl)c1)[C@@H](N1CCCC1)CC2.Cl. The molecule has 0 aromatic heterocycles. The average molecular weight is 484 g/mol. The summed E-state index contributed by atoms with van der Waals surface area (Å²) in [5.74, 6) is 0.921. The van der Waals surface area contributed by atoms with E-state index in [1.165, 1.54) is 24.0 Å². The fourth-order valence-electron chi connectivity index (χ4n) is 4.90. The van der Waals surface area contributed by atoms with Gasteiger partial charge in [-0.2, -0.15) is 0 Å². The third-order valence-electron chi connectivity index (χ3n) is 6.51. The number of nitrogens with zero attached hydrogens (tertiary/aromatic N) is 2. The zero-order valence-electron chi connectivity index (χ0n) is 17.9. The third-order valence-corrected chi connectivity index (χ3v) is 7.24. The molecule has 0 saturated carbocycles. The van der Waals surface area contributed by atoms with Gasteiger partial charge in [0, 0.05) is 13.1 Å². The van der Waals surface area contributed by atoms with Gasteiger partial charge in [0.25, 0.3) is 0 Å². The van der Waals surface area contributed by atoms with E-state index >= 15 is 0 Å². The van der Waals surface area contributed by atoms with E-state index in [1.807, 2.05) is 24.1 Å². The number of methoxy groups -OCH3 is 1. The molecule has 1 heterocycles. The Hall–Kier alpha value is -1.46. The van der Waals surface area contributed by atoms with Gasteiger partial charge in [0.15, 0.2) is 0 Å². The van der Waals surface area contributed by atoms with Crippen molar-refractivity contribution in [2.24, 2.45) is 0 Å². The molecule has 2 aliphatic rings. The van der Waals surface area contributed by atoms with Crippen LogP contribution in [0.15, 0.2) is 36.4 Å². The summed E-state index contributed by atoms with van der Waals surface area (Å²) in [5, 5.41) is 0.982. The Morgan fingerprint density at radius 3 is 2.55 bits per heavy atom. The molecule has 1 saturated heterocycles. The highest BCUT2D eigenvalue weighted by Crippen LogP contribution is 2.40. The topological polar surface area (TPSA) is 32.8 Å². The number of likely N-dealkylation sites (tertiary alicyclic amines) is 1. The number of benzene rings is 2. The zero-order valence-corrected chi connectivity index (χ0v) is 20.3. The second-order valence-electron chi connectivity index (χ2n) is 8.29. The number of rotatable bonds is 5. The molecule has 0 spiro atoms. The van der Waals surface area contributed by atoms with E-state index in [0.29, 0.717) is 22.5 Å². The fraction of sp³-hybridized carbons (Fsp3) is 0.458. The van der Waals surface area contributed by atoms with Gasteiger partial charge < -0.3 is 9.64 Å². The minimum atomic E-state index is 0. The molecular weight excluding hydrogens is 455 g/mol. The monoisotopic (exact) mass is 482 g/mol. The molecule has 1 aliphatic heterocycles. The van der Waals surface area contributed by atoms with E-state index in [1.54, 1.807) is 19.2 Å². The van der Waals surface area contributed by atoms with Crippen molar-refractivity contribution in [1.82, 2.24) is 9.80 Å². The molecule has 0 N–H and O–H groups in total. The lowest BCUT2D eigenvalue weighted by Gasteiger charge is -2.43. The first-order valence-electron chi connectivity index (χ1n) is 10.6. The second-order valence-corrected chi connectivity index (χ2v) is 9.10. The lowest BCUT2D eigenvalue weighted by Crippen LogP contribution is -2.48. The normalized spacial score (nSPS) is 20.6. The first-order chi connectivity index (χ1) is 14.5. The van der Waals surface area contributed by atoms with Gasteiger partial charge in [-0.25, -0.2) is 0 Å². The van der Waals surface area contributed by atoms with Crippen LogP contribution in [0.4, 0.5) is 0 Å². The molecule has 4 rings (SSSR count). The van der Waals surface area contributed by atoms with Crippen LogP contribution >= 0.6 is 35.6 Å². The number of carbonyl (C=O) groups excluding carboxylic acids is 1. The molecule has 0 bridgehead atoms. The van der Waals surface area contributed by atoms with Crippen LogP contribution in [-0.2, 0) is 17.6 Å². The molecule has 2 aromatic carbocycles. The maximum absolute atomic E-state index is 13.3. The van der Waals surface area contributed by atoms with Gasteiger partial charge in [-0.3, -0.25) is 9.69 Å². The summed E-state index contributed by atoms with van der Waals surface area (Å²) in [4.78, 5) is 17.8. The van der Waals surface area contributed by atoms with Gasteiger partial charge in [0.05, 0.1) is 29.6 Å². The molecule has 1 fully saturated rings. The number of ether oxygens (including phenoxy) is 1. The first kappa shape index (κ1) is 24.2. The number of hydrogen-bond acceptors (Lipinski definition) is 3. The molecule has 4 nitrogen and oxygen atoms in total. The Kier molecular flexibility index (Phi) is 8.14. The smallest absolute Gasteiger partial charge is 0.227 e. The Morgan fingerprint density at radius 2 is 1.87 bits per heavy atom. The summed E-state index contributed by atoms with van der Waals surface area (Å²) < 4.78 is 5.51. The number of fused-ring (bicyclic) bond motifs is 1. The van der Waals surface area contributed by atoms with Crippen LogP contribution in [0.5, 0.6) is 5.75 Å². The minimum absolute atomic E-state index is 0. The maximum atomic E-state index is 13.3. The van der Waals surface area contributed by atoms with Crippen LogP contribution < -0.4 is 4.74 Å². The third kappa shape index (κ3) is 5.14. The van der Waals surface area contributed by atoms with Gasteiger partial charge in [0.1, 0.15) is 5.75 Å². The number of aryl methyl sites for hydroxylation is 1. The minimum Gasteiger partial charge on any atom is -0.497 e. The highest BCUT2D eigenvalue weighted by molar-refractivity contribution is 6.42. The Labute approximate surface area is 200 Å². The molecule has 168 valence electrons. The fourth-order valence-corrected chi connectivity index (χ4v) is 5.22. The van der Waals surface area contributed by atoms with Crippen LogP contribution in [0.3, 0.4) is 0 Å². The van der Waals surface area contributed by atoms with Crippen molar-refractivity contribution in [1.29, 1.82) is 0 Å². The van der Waals surface area contributed by atoms with Crippen molar-refractivity contribution in [3.05, 3.63) is 63.1 Å². The largest absolute Gasteiger partial charge is 0.497 e. The molecule has 1 amide bonds. The van der Waals surface area contributed by atoms with Gasteiger partial charge in [-0.1, -0.05) is 35.3 Å². The second kappa shape index (κ2) is 10.4. The molecule has 2 atom stereocenters. The van der Waals surface area contributed by atoms with Crippen LogP contribution in [0.25, 0.3) is 0 Å². The highest BCUT2D eigenvalue weighted by atomic mass is 35.5. The molecule has 7 heteroatoms. The summed E-state index contributed by atoms with van der Waals surface area (Å²) in [6.45, 7) is 2.21. The summed E-state index contributed by atoms with van der Waals surface area (Å²) in [7, 11) is 3.62. The van der Waals surface area contributed by atoms with Crippen molar-refractivity contribution in [3.8, 4) is 5.75 Å². The number of carbonyl (C=O) groups is 1. The van der Waals surface area contributed by atoms with Crippen molar-refractivity contribution in [3.63, 3.8) is 0 Å². The van der Waals surface area contributed by atoms with E-state index in [-0.39, 0.29) is 24.4 Å². The van der Waals surface area contributed by atoms with Crippen LogP contribution in [0.1, 0.15) is 42.0 Å². The predicted molar refractivity (Wildman–Crippen MR) is 129 cm³/mol. The summed E-state index contributed by atoms with van der Waals surface area (Å²) in [6, 6.07) is 12.0. The van der Waals surface area contributed by atoms with Crippen molar-refractivity contribution >= 4 is 41.5 Å². The first-order valence-corrected chi connectivity index (χ1v) is 11.3. The van der Waals surface area contributed by atoms with E-state index in [4.69, 9.17) is 27.9 Å². The molecule has 0 radical (unpaired) electrons. The van der Waals surface area contributed by atoms with Gasteiger partial charge >= 0.3 is 0 Å². The van der Waals surface area contributed by atoms with Crippen LogP contribution in [0, 0.1) is 0 Å². The summed E-state index contributed by atoms with van der Waals surface area (Å²) in [6.07, 6.45) is 4.86. The van der Waals surface area contributed by atoms with Crippen molar-refractivity contribution in [2.75, 3.05) is 27.2 Å².